The van der Waals surface area contributed by atoms with E-state index in [1.165, 1.54) is 0 Å². The van der Waals surface area contributed by atoms with Crippen molar-refractivity contribution in [2.45, 2.75) is 64.2 Å². The Morgan fingerprint density at radius 3 is 1.33 bits per heavy atom. The Balaban J connectivity index is 3.44. The molecule has 9 heteroatoms. The lowest BCUT2D eigenvalue weighted by molar-refractivity contribution is -0.138. The van der Waals surface area contributed by atoms with Gasteiger partial charge in [0, 0.05) is 38.9 Å². The van der Waals surface area contributed by atoms with Crippen molar-refractivity contribution in [3.8, 4) is 0 Å². The summed E-state index contributed by atoms with van der Waals surface area (Å²) in [5.41, 5.74) is 5.39. The number of nitrogens with two attached hydrogens (primary N) is 1. The van der Waals surface area contributed by atoms with Gasteiger partial charge in [0.05, 0.1) is 6.42 Å². The number of rotatable bonds is 17. The zero-order valence-electron chi connectivity index (χ0n) is 16.1. The van der Waals surface area contributed by atoms with Gasteiger partial charge in [0.25, 0.3) is 0 Å². The second-order valence-electron chi connectivity index (χ2n) is 6.35. The largest absolute Gasteiger partial charge is 0.481 e. The van der Waals surface area contributed by atoms with Crippen molar-refractivity contribution in [3.63, 3.8) is 0 Å². The fourth-order valence-electron chi connectivity index (χ4n) is 2.27. The predicted octanol–water partition coefficient (Wildman–Crippen LogP) is 0.279. The van der Waals surface area contributed by atoms with Gasteiger partial charge in [-0.15, -0.1) is 0 Å². The number of hydrogen-bond donors (Lipinski definition) is 5. The standard InChI is InChI=1S/C18H34N4O5/c19-11-3-1-4-12-20-15(23)7-8-16(24)21-13-5-2-6-14-22-17(25)9-10-18(26)27/h1-14,19H2,(H,20,23)(H,21,24)(H,22,25)(H,26,27). The zero-order chi connectivity index (χ0) is 20.3. The van der Waals surface area contributed by atoms with Crippen molar-refractivity contribution in [2.24, 2.45) is 5.73 Å². The van der Waals surface area contributed by atoms with Crippen molar-refractivity contribution in [1.82, 2.24) is 16.0 Å². The maximum absolute atomic E-state index is 11.7. The number of carbonyl (C=O) groups excluding carboxylic acids is 3. The summed E-state index contributed by atoms with van der Waals surface area (Å²) in [6.07, 6.45) is 5.41. The summed E-state index contributed by atoms with van der Waals surface area (Å²) < 4.78 is 0. The maximum Gasteiger partial charge on any atom is 0.303 e. The molecule has 0 aliphatic carbocycles. The van der Waals surface area contributed by atoms with Crippen LogP contribution in [0.2, 0.25) is 0 Å². The summed E-state index contributed by atoms with van der Waals surface area (Å²) in [7, 11) is 0. The molecule has 0 fully saturated rings. The van der Waals surface area contributed by atoms with Crippen molar-refractivity contribution < 1.29 is 24.3 Å². The lowest BCUT2D eigenvalue weighted by Gasteiger charge is -2.07. The van der Waals surface area contributed by atoms with Crippen LogP contribution in [-0.4, -0.2) is 55.0 Å². The van der Waals surface area contributed by atoms with E-state index in [0.717, 1.165) is 38.5 Å². The molecular weight excluding hydrogens is 352 g/mol. The number of amides is 3. The fourth-order valence-corrected chi connectivity index (χ4v) is 2.27. The Morgan fingerprint density at radius 1 is 0.593 bits per heavy atom. The molecule has 6 N–H and O–H groups in total. The highest BCUT2D eigenvalue weighted by molar-refractivity contribution is 5.83. The summed E-state index contributed by atoms with van der Waals surface area (Å²) in [5, 5.41) is 16.7. The number of aliphatic carboxylic acids is 1. The van der Waals surface area contributed by atoms with Crippen LogP contribution in [0, 0.1) is 0 Å². The Morgan fingerprint density at radius 2 is 0.963 bits per heavy atom. The van der Waals surface area contributed by atoms with E-state index in [9.17, 15) is 19.2 Å². The SMILES string of the molecule is NCCCCCNC(=O)CCC(=O)NCCCCCNC(=O)CCC(=O)O. The summed E-state index contributed by atoms with van der Waals surface area (Å²) in [5.74, 6) is -1.50. The van der Waals surface area contributed by atoms with Gasteiger partial charge in [-0.1, -0.05) is 6.42 Å². The van der Waals surface area contributed by atoms with Gasteiger partial charge in [-0.05, 0) is 38.6 Å². The predicted molar refractivity (Wildman–Crippen MR) is 102 cm³/mol. The number of hydrogen-bond acceptors (Lipinski definition) is 5. The minimum Gasteiger partial charge on any atom is -0.481 e. The molecule has 156 valence electrons. The van der Waals surface area contributed by atoms with Gasteiger partial charge in [-0.3, -0.25) is 19.2 Å². The number of carbonyl (C=O) groups is 4. The third-order valence-electron chi connectivity index (χ3n) is 3.85. The summed E-state index contributed by atoms with van der Waals surface area (Å²) in [6.45, 7) is 2.31. The summed E-state index contributed by atoms with van der Waals surface area (Å²) >= 11 is 0. The van der Waals surface area contributed by atoms with Crippen LogP contribution in [-0.2, 0) is 19.2 Å². The van der Waals surface area contributed by atoms with E-state index in [1.54, 1.807) is 0 Å². The molecule has 0 saturated heterocycles. The van der Waals surface area contributed by atoms with Crippen LogP contribution < -0.4 is 21.7 Å². The molecule has 0 saturated carbocycles. The maximum atomic E-state index is 11.7. The molecule has 0 aliphatic heterocycles. The van der Waals surface area contributed by atoms with Crippen LogP contribution in [0.5, 0.6) is 0 Å². The molecule has 0 atom stereocenters. The van der Waals surface area contributed by atoms with Crippen LogP contribution in [0.3, 0.4) is 0 Å². The molecule has 0 unspecified atom stereocenters. The van der Waals surface area contributed by atoms with Crippen LogP contribution in [0.1, 0.15) is 64.2 Å². The highest BCUT2D eigenvalue weighted by Crippen LogP contribution is 1.96. The number of nitrogens with one attached hydrogen (secondary N) is 3. The second kappa shape index (κ2) is 17.3. The molecule has 0 bridgehead atoms. The number of carboxylic acid groups (broad SMARTS) is 1. The Labute approximate surface area is 160 Å². The molecule has 0 aliphatic rings. The minimum absolute atomic E-state index is 0.00727. The topological polar surface area (TPSA) is 151 Å². The highest BCUT2D eigenvalue weighted by atomic mass is 16.4. The third kappa shape index (κ3) is 18.4. The Kier molecular flexibility index (Phi) is 15.9. The highest BCUT2D eigenvalue weighted by Gasteiger charge is 2.06. The minimum atomic E-state index is -0.985. The van der Waals surface area contributed by atoms with E-state index in [1.807, 2.05) is 0 Å². The lowest BCUT2D eigenvalue weighted by atomic mass is 10.2. The first-order valence-electron chi connectivity index (χ1n) is 9.67. The molecule has 3 amide bonds. The van der Waals surface area contributed by atoms with Gasteiger partial charge in [0.1, 0.15) is 0 Å². The van der Waals surface area contributed by atoms with Crippen LogP contribution in [0.4, 0.5) is 0 Å². The zero-order valence-corrected chi connectivity index (χ0v) is 16.1. The third-order valence-corrected chi connectivity index (χ3v) is 3.85. The number of unbranched alkanes of at least 4 members (excludes halogenated alkanes) is 4. The van der Waals surface area contributed by atoms with Crippen molar-refractivity contribution in [3.05, 3.63) is 0 Å². The van der Waals surface area contributed by atoms with E-state index >= 15 is 0 Å². The number of carboxylic acids is 1. The molecule has 0 heterocycles. The quantitative estimate of drug-likeness (QED) is 0.227. The van der Waals surface area contributed by atoms with E-state index in [2.05, 4.69) is 16.0 Å². The molecule has 0 aromatic rings. The van der Waals surface area contributed by atoms with Gasteiger partial charge < -0.3 is 26.8 Å². The Hall–Kier alpha value is -2.16. The molecule has 0 aromatic heterocycles. The molecule has 9 nitrogen and oxygen atoms in total. The van der Waals surface area contributed by atoms with Crippen molar-refractivity contribution in [2.75, 3.05) is 26.2 Å². The van der Waals surface area contributed by atoms with Crippen LogP contribution in [0.25, 0.3) is 0 Å². The van der Waals surface area contributed by atoms with Gasteiger partial charge in [-0.2, -0.15) is 0 Å². The lowest BCUT2D eigenvalue weighted by Crippen LogP contribution is -2.29. The van der Waals surface area contributed by atoms with Gasteiger partial charge in [0.2, 0.25) is 17.7 Å². The Bertz CT molecular complexity index is 457. The molecule has 0 rings (SSSR count). The second-order valence-corrected chi connectivity index (χ2v) is 6.35. The van der Waals surface area contributed by atoms with E-state index in [4.69, 9.17) is 10.8 Å². The van der Waals surface area contributed by atoms with Crippen LogP contribution in [0.15, 0.2) is 0 Å². The van der Waals surface area contributed by atoms with Gasteiger partial charge in [0.15, 0.2) is 0 Å². The summed E-state index contributed by atoms with van der Waals surface area (Å²) in [4.78, 5) is 44.9. The average Bonchev–Trinajstić information content (AvgIpc) is 2.63. The first-order valence-corrected chi connectivity index (χ1v) is 9.67. The van der Waals surface area contributed by atoms with E-state index < -0.39 is 5.97 Å². The summed E-state index contributed by atoms with van der Waals surface area (Å²) in [6, 6.07) is 0. The van der Waals surface area contributed by atoms with Gasteiger partial charge >= 0.3 is 5.97 Å². The molecule has 0 aromatic carbocycles. The smallest absolute Gasteiger partial charge is 0.303 e. The van der Waals surface area contributed by atoms with E-state index in [0.29, 0.717) is 26.2 Å². The fraction of sp³-hybridized carbons (Fsp3) is 0.778. The van der Waals surface area contributed by atoms with Crippen molar-refractivity contribution >= 4 is 23.7 Å². The average molecular weight is 386 g/mol. The normalized spacial score (nSPS) is 10.3. The first-order chi connectivity index (χ1) is 13.0. The van der Waals surface area contributed by atoms with Crippen molar-refractivity contribution in [1.29, 1.82) is 0 Å². The molecular formula is C18H34N4O5. The molecule has 0 spiro atoms. The van der Waals surface area contributed by atoms with Gasteiger partial charge in [-0.25, -0.2) is 0 Å². The first kappa shape index (κ1) is 24.8. The van der Waals surface area contributed by atoms with E-state index in [-0.39, 0.29) is 43.4 Å². The monoisotopic (exact) mass is 386 g/mol. The van der Waals surface area contributed by atoms with Crippen LogP contribution >= 0.6 is 0 Å². The molecule has 27 heavy (non-hydrogen) atoms. The molecule has 0 radical (unpaired) electrons.